The maximum Gasteiger partial charge on any atom is 0.256 e. The fourth-order valence-electron chi connectivity index (χ4n) is 3.74. The van der Waals surface area contributed by atoms with Gasteiger partial charge >= 0.3 is 0 Å². The van der Waals surface area contributed by atoms with E-state index in [4.69, 9.17) is 0 Å². The van der Waals surface area contributed by atoms with E-state index in [1.165, 1.54) is 16.5 Å². The Balaban J connectivity index is 1.78. The van der Waals surface area contributed by atoms with Crippen LogP contribution in [0.3, 0.4) is 0 Å². The molecule has 1 saturated heterocycles. The van der Waals surface area contributed by atoms with Gasteiger partial charge in [0.05, 0.1) is 5.75 Å². The third-order valence-electron chi connectivity index (χ3n) is 4.95. The summed E-state index contributed by atoms with van der Waals surface area (Å²) in [7, 11) is -3.29. The monoisotopic (exact) mass is 331 g/mol. The van der Waals surface area contributed by atoms with Gasteiger partial charge in [0.25, 0.3) is 10.0 Å². The lowest BCUT2D eigenvalue weighted by atomic mass is 9.88. The molecule has 2 aliphatic heterocycles. The van der Waals surface area contributed by atoms with E-state index in [0.717, 1.165) is 31.8 Å². The average Bonchev–Trinajstić information content (AvgIpc) is 2.95. The van der Waals surface area contributed by atoms with Crippen LogP contribution in [0.15, 0.2) is 34.9 Å². The summed E-state index contributed by atoms with van der Waals surface area (Å²) in [4.78, 5) is 2.15. The molecule has 0 radical (unpaired) electrons. The molecular weight excluding hydrogens is 310 g/mol. The van der Waals surface area contributed by atoms with Crippen molar-refractivity contribution >= 4 is 26.8 Å². The number of sulfonamides is 1. The lowest BCUT2D eigenvalue weighted by molar-refractivity contribution is 0.366. The second-order valence-electron chi connectivity index (χ2n) is 6.34. The van der Waals surface area contributed by atoms with Crippen molar-refractivity contribution in [3.8, 4) is 0 Å². The van der Waals surface area contributed by atoms with Crippen LogP contribution in [-0.2, 0) is 16.6 Å². The van der Waals surface area contributed by atoms with Gasteiger partial charge in [-0.25, -0.2) is 8.42 Å². The number of rotatable bonds is 2. The van der Waals surface area contributed by atoms with Gasteiger partial charge < -0.3 is 9.47 Å². The summed E-state index contributed by atoms with van der Waals surface area (Å²) in [6.07, 6.45) is 4.15. The Morgan fingerprint density at radius 3 is 2.96 bits per heavy atom. The predicted molar refractivity (Wildman–Crippen MR) is 92.4 cm³/mol. The maximum atomic E-state index is 11.9. The van der Waals surface area contributed by atoms with Crippen LogP contribution in [0.2, 0.25) is 0 Å². The fraction of sp³-hybridized carbons (Fsp3) is 0.471. The van der Waals surface area contributed by atoms with Crippen molar-refractivity contribution in [2.45, 2.75) is 32.2 Å². The van der Waals surface area contributed by atoms with E-state index < -0.39 is 10.0 Å². The van der Waals surface area contributed by atoms with Gasteiger partial charge in [-0.2, -0.15) is 0 Å². The molecule has 1 atom stereocenters. The van der Waals surface area contributed by atoms with Crippen molar-refractivity contribution in [1.82, 2.24) is 9.47 Å². The molecule has 3 heterocycles. The van der Waals surface area contributed by atoms with Gasteiger partial charge in [-0.1, -0.05) is 6.07 Å². The van der Waals surface area contributed by atoms with Crippen LogP contribution in [0.4, 0.5) is 0 Å². The topological polar surface area (TPSA) is 54.7 Å². The van der Waals surface area contributed by atoms with E-state index in [1.54, 1.807) is 0 Å². The Bertz CT molecular complexity index is 882. The zero-order valence-corrected chi connectivity index (χ0v) is 14.1. The van der Waals surface area contributed by atoms with Crippen LogP contribution in [-0.4, -0.2) is 42.6 Å². The predicted octanol–water partition coefficient (Wildman–Crippen LogP) is 2.58. The summed E-state index contributed by atoms with van der Waals surface area (Å²) in [5, 5.41) is 1.21. The summed E-state index contributed by atoms with van der Waals surface area (Å²) < 4.78 is 30.2. The first kappa shape index (κ1) is 14.8. The molecule has 0 spiro atoms. The van der Waals surface area contributed by atoms with Gasteiger partial charge in [0.15, 0.2) is 0 Å². The molecule has 5 nitrogen and oxygen atoms in total. The summed E-state index contributed by atoms with van der Waals surface area (Å²) in [6.45, 7) is 4.57. The molecule has 0 N–H and O–H groups in total. The van der Waals surface area contributed by atoms with E-state index >= 15 is 0 Å². The third kappa shape index (κ3) is 2.55. The number of piperidine rings is 1. The largest absolute Gasteiger partial charge is 0.358 e. The molecule has 0 aliphatic carbocycles. The van der Waals surface area contributed by atoms with Crippen molar-refractivity contribution in [2.24, 2.45) is 4.40 Å². The smallest absolute Gasteiger partial charge is 0.256 e. The lowest BCUT2D eigenvalue weighted by Gasteiger charge is -2.37. The number of amidine groups is 1. The van der Waals surface area contributed by atoms with Crippen molar-refractivity contribution < 1.29 is 8.42 Å². The average molecular weight is 331 g/mol. The fourth-order valence-corrected chi connectivity index (χ4v) is 4.81. The highest BCUT2D eigenvalue weighted by molar-refractivity contribution is 7.90. The molecule has 2 aliphatic rings. The maximum absolute atomic E-state index is 11.9. The Labute approximate surface area is 136 Å². The highest BCUT2D eigenvalue weighted by atomic mass is 32.2. The Kier molecular flexibility index (Phi) is 3.44. The summed E-state index contributed by atoms with van der Waals surface area (Å²) >= 11 is 0. The molecule has 0 saturated carbocycles. The molecule has 6 heteroatoms. The first-order valence-electron chi connectivity index (χ1n) is 8.24. The number of hydrogen-bond acceptors (Lipinski definition) is 3. The van der Waals surface area contributed by atoms with Gasteiger partial charge in [0.2, 0.25) is 0 Å². The molecule has 1 aromatic carbocycles. The van der Waals surface area contributed by atoms with Gasteiger partial charge in [0.1, 0.15) is 5.84 Å². The third-order valence-corrected chi connectivity index (χ3v) is 6.11. The number of fused-ring (bicyclic) bond motifs is 2. The number of aromatic nitrogens is 1. The summed E-state index contributed by atoms with van der Waals surface area (Å²) in [6, 6.07) is 8.60. The molecule has 1 fully saturated rings. The highest BCUT2D eigenvalue weighted by Gasteiger charge is 2.33. The van der Waals surface area contributed by atoms with E-state index in [1.807, 2.05) is 0 Å². The summed E-state index contributed by atoms with van der Waals surface area (Å²) in [5.41, 5.74) is 2.40. The van der Waals surface area contributed by atoms with Gasteiger partial charge in [-0.15, -0.1) is 4.40 Å². The second-order valence-corrected chi connectivity index (χ2v) is 8.09. The molecule has 2 aromatic rings. The highest BCUT2D eigenvalue weighted by Crippen LogP contribution is 2.33. The first-order chi connectivity index (χ1) is 11.1. The molecule has 4 rings (SSSR count). The van der Waals surface area contributed by atoms with E-state index in [2.05, 4.69) is 51.3 Å². The van der Waals surface area contributed by atoms with E-state index in [0.29, 0.717) is 6.54 Å². The van der Waals surface area contributed by atoms with Crippen LogP contribution in [0.25, 0.3) is 10.9 Å². The number of hydrogen-bond donors (Lipinski definition) is 0. The van der Waals surface area contributed by atoms with Crippen molar-refractivity contribution in [1.29, 1.82) is 0 Å². The second kappa shape index (κ2) is 5.37. The van der Waals surface area contributed by atoms with Gasteiger partial charge in [-0.3, -0.25) is 0 Å². The van der Waals surface area contributed by atoms with Crippen LogP contribution < -0.4 is 0 Å². The minimum absolute atomic E-state index is 0.0909. The minimum atomic E-state index is -3.29. The Morgan fingerprint density at radius 1 is 1.26 bits per heavy atom. The molecule has 1 unspecified atom stereocenters. The Hall–Kier alpha value is -1.82. The van der Waals surface area contributed by atoms with Gasteiger partial charge in [0, 0.05) is 37.3 Å². The van der Waals surface area contributed by atoms with Crippen LogP contribution >= 0.6 is 0 Å². The van der Waals surface area contributed by atoms with Crippen LogP contribution in [0.5, 0.6) is 0 Å². The number of nitrogens with zero attached hydrogens (tertiary/aromatic N) is 3. The van der Waals surface area contributed by atoms with E-state index in [-0.39, 0.29) is 11.7 Å². The molecule has 122 valence electrons. The van der Waals surface area contributed by atoms with Crippen molar-refractivity contribution in [3.05, 3.63) is 36.0 Å². The minimum Gasteiger partial charge on any atom is -0.358 e. The molecule has 0 amide bonds. The standard InChI is InChI=1S/C17H21N3O2S/c1-2-19-9-7-14-12-13(5-6-16(14)19)15-4-3-8-20-10-11-23(21,22)18-17(15)20/h5-7,9,12,15H,2-4,8,10-11H2,1H3. The Morgan fingerprint density at radius 2 is 2.13 bits per heavy atom. The number of aryl methyl sites for hydroxylation is 1. The molecule has 23 heavy (non-hydrogen) atoms. The van der Waals surface area contributed by atoms with Crippen LogP contribution in [0.1, 0.15) is 31.2 Å². The van der Waals surface area contributed by atoms with Crippen molar-refractivity contribution in [2.75, 3.05) is 18.8 Å². The molecular formula is C17H21N3O2S. The van der Waals surface area contributed by atoms with E-state index in [9.17, 15) is 8.42 Å². The van der Waals surface area contributed by atoms with Gasteiger partial charge in [-0.05, 0) is 48.9 Å². The quantitative estimate of drug-likeness (QED) is 0.850. The zero-order valence-electron chi connectivity index (χ0n) is 13.3. The first-order valence-corrected chi connectivity index (χ1v) is 9.84. The molecule has 1 aromatic heterocycles. The van der Waals surface area contributed by atoms with Crippen molar-refractivity contribution in [3.63, 3.8) is 0 Å². The number of benzene rings is 1. The zero-order chi connectivity index (χ0) is 16.0. The summed E-state index contributed by atoms with van der Waals surface area (Å²) in [5.74, 6) is 0.978. The SMILES string of the molecule is CCn1ccc2cc(C3CCCN4CCS(=O)(=O)N=C34)ccc21. The van der Waals surface area contributed by atoms with Crippen LogP contribution in [0, 0.1) is 0 Å². The normalized spacial score (nSPS) is 23.6. The molecule has 0 bridgehead atoms. The lowest BCUT2D eigenvalue weighted by Crippen LogP contribution is -2.46.